The third-order valence-electron chi connectivity index (χ3n) is 6.57. The first-order valence-electron chi connectivity index (χ1n) is 12.6. The van der Waals surface area contributed by atoms with Gasteiger partial charge in [0.1, 0.15) is 5.69 Å². The molecule has 1 saturated heterocycles. The number of benzene rings is 1. The van der Waals surface area contributed by atoms with E-state index in [0.717, 1.165) is 17.8 Å². The number of aryl methyl sites for hydroxylation is 1. The minimum atomic E-state index is -0.427. The number of urea groups is 1. The van der Waals surface area contributed by atoms with Crippen molar-refractivity contribution in [2.45, 2.75) is 13.0 Å². The normalized spacial score (nSPS) is 14.6. The number of anilines is 1. The number of aromatic nitrogens is 4. The maximum Gasteiger partial charge on any atom is 0.333 e. The highest BCUT2D eigenvalue weighted by molar-refractivity contribution is 7.17. The van der Waals surface area contributed by atoms with E-state index in [9.17, 15) is 14.4 Å². The zero-order valence-electron chi connectivity index (χ0n) is 20.9. The van der Waals surface area contributed by atoms with Crippen molar-refractivity contribution in [1.29, 1.82) is 0 Å². The molecule has 3 aromatic heterocycles. The molecule has 39 heavy (non-hydrogen) atoms. The summed E-state index contributed by atoms with van der Waals surface area (Å²) in [5, 5.41) is 14.9. The number of nitrogens with one attached hydrogen (secondary N) is 4. The molecule has 0 unspecified atom stereocenters. The molecule has 0 bridgehead atoms. The Morgan fingerprint density at radius 3 is 2.82 bits per heavy atom. The van der Waals surface area contributed by atoms with Crippen LogP contribution in [0.25, 0.3) is 21.8 Å². The number of aromatic amines is 1. The van der Waals surface area contributed by atoms with Gasteiger partial charge in [0.05, 0.1) is 51.8 Å². The molecular formula is C26H26N8O4S. The molecule has 2 aliphatic rings. The highest BCUT2D eigenvalue weighted by Gasteiger charge is 2.35. The van der Waals surface area contributed by atoms with Gasteiger partial charge in [-0.3, -0.25) is 20.1 Å². The summed E-state index contributed by atoms with van der Waals surface area (Å²) in [6.07, 6.45) is 6.13. The van der Waals surface area contributed by atoms with Crippen LogP contribution in [-0.4, -0.2) is 75.3 Å². The average Bonchev–Trinajstić information content (AvgIpc) is 3.74. The number of carbonyl (C=O) groups is 3. The molecular weight excluding hydrogens is 520 g/mol. The summed E-state index contributed by atoms with van der Waals surface area (Å²) in [7, 11) is 0. The Hall–Kier alpha value is -4.33. The second-order valence-corrected chi connectivity index (χ2v) is 10.2. The number of fused-ring (bicyclic) bond motifs is 3. The lowest BCUT2D eigenvalue weighted by Gasteiger charge is -2.27. The molecule has 12 nitrogen and oxygen atoms in total. The van der Waals surface area contributed by atoms with Crippen LogP contribution >= 0.6 is 11.3 Å². The summed E-state index contributed by atoms with van der Waals surface area (Å²) in [5.41, 5.74) is 5.77. The summed E-state index contributed by atoms with van der Waals surface area (Å²) in [5.74, 6) is -0.398. The second kappa shape index (κ2) is 10.8. The van der Waals surface area contributed by atoms with Gasteiger partial charge in [0.25, 0.3) is 5.91 Å². The van der Waals surface area contributed by atoms with Crippen molar-refractivity contribution in [3.63, 3.8) is 0 Å². The van der Waals surface area contributed by atoms with Gasteiger partial charge in [0, 0.05) is 44.1 Å². The molecule has 6 rings (SSSR count). The van der Waals surface area contributed by atoms with E-state index in [2.05, 4.69) is 31.2 Å². The van der Waals surface area contributed by atoms with Gasteiger partial charge in [-0.1, -0.05) is 12.1 Å². The van der Waals surface area contributed by atoms with Gasteiger partial charge in [-0.25, -0.2) is 14.8 Å². The smallest absolute Gasteiger partial charge is 0.333 e. The second-order valence-electron chi connectivity index (χ2n) is 9.12. The van der Waals surface area contributed by atoms with Crippen molar-refractivity contribution >= 4 is 34.7 Å². The average molecular weight is 547 g/mol. The first kappa shape index (κ1) is 25.0. The van der Waals surface area contributed by atoms with Crippen LogP contribution in [0.1, 0.15) is 32.0 Å². The third kappa shape index (κ3) is 5.06. The summed E-state index contributed by atoms with van der Waals surface area (Å²) in [6.45, 7) is 3.56. The van der Waals surface area contributed by atoms with Gasteiger partial charge in [-0.2, -0.15) is 5.10 Å². The highest BCUT2D eigenvalue weighted by atomic mass is 32.1. The Kier molecular flexibility index (Phi) is 6.92. The van der Waals surface area contributed by atoms with E-state index in [0.29, 0.717) is 71.5 Å². The van der Waals surface area contributed by atoms with Gasteiger partial charge in [0.2, 0.25) is 0 Å². The Morgan fingerprint density at radius 2 is 2.00 bits per heavy atom. The van der Waals surface area contributed by atoms with Gasteiger partial charge in [0.15, 0.2) is 5.78 Å². The Morgan fingerprint density at radius 1 is 1.13 bits per heavy atom. The molecule has 4 N–H and O–H groups in total. The van der Waals surface area contributed by atoms with Crippen molar-refractivity contribution in [3.05, 3.63) is 65.1 Å². The van der Waals surface area contributed by atoms with E-state index in [1.165, 1.54) is 11.3 Å². The quantitative estimate of drug-likeness (QED) is 0.219. The lowest BCUT2D eigenvalue weighted by molar-refractivity contribution is 0.0207. The van der Waals surface area contributed by atoms with Crippen LogP contribution in [0.3, 0.4) is 0 Å². The van der Waals surface area contributed by atoms with Gasteiger partial charge >= 0.3 is 6.03 Å². The molecule has 1 aromatic carbocycles. The minimum Gasteiger partial charge on any atom is -0.379 e. The predicted octanol–water partition coefficient (Wildman–Crippen LogP) is 2.73. The maximum atomic E-state index is 13.6. The van der Waals surface area contributed by atoms with Crippen LogP contribution in [0.2, 0.25) is 0 Å². The number of carbonyl (C=O) groups excluding carboxylic acids is 3. The van der Waals surface area contributed by atoms with E-state index >= 15 is 0 Å². The number of rotatable bonds is 8. The number of hydrogen-bond acceptors (Lipinski definition) is 8. The first-order valence-corrected chi connectivity index (χ1v) is 13.4. The number of amides is 3. The van der Waals surface area contributed by atoms with Crippen LogP contribution < -0.4 is 16.1 Å². The van der Waals surface area contributed by atoms with Crippen LogP contribution in [0, 0.1) is 0 Å². The van der Waals surface area contributed by atoms with Crippen molar-refractivity contribution < 1.29 is 19.1 Å². The third-order valence-corrected chi connectivity index (χ3v) is 7.67. The van der Waals surface area contributed by atoms with E-state index in [-0.39, 0.29) is 11.7 Å². The fourth-order valence-corrected chi connectivity index (χ4v) is 5.62. The Balaban J connectivity index is 1.14. The fraction of sp³-hybridized carbons (Fsp3) is 0.269. The molecule has 0 spiro atoms. The molecule has 4 aromatic rings. The molecule has 3 amide bonds. The van der Waals surface area contributed by atoms with E-state index in [1.807, 2.05) is 22.9 Å². The van der Waals surface area contributed by atoms with E-state index < -0.39 is 6.03 Å². The van der Waals surface area contributed by atoms with Crippen molar-refractivity contribution in [3.8, 4) is 21.8 Å². The SMILES string of the molecule is O=C(Nc1cccc2c1C(=O)c1c-2n[nH]c1-c1ccc(C(=O)NCCCn2ccnc2)s1)NN1CCOCC1. The summed E-state index contributed by atoms with van der Waals surface area (Å²) in [6, 6.07) is 8.42. The zero-order chi connectivity index (χ0) is 26.8. The number of ketones is 1. The standard InChI is InChI=1S/C26H26N8O4S/c35-24-20-16(3-1-4-17(20)29-26(37)32-34-11-13-38-14-12-34)22-21(24)23(31-30-22)18-5-6-19(39-18)25(36)28-7-2-9-33-10-8-27-15-33/h1,3-6,8,10,15H,2,7,9,11-14H2,(H,28,36)(H,30,31)(H2,29,32,37). The van der Waals surface area contributed by atoms with Crippen LogP contribution in [-0.2, 0) is 11.3 Å². The number of H-pyrrole nitrogens is 1. The zero-order valence-corrected chi connectivity index (χ0v) is 21.7. The number of hydrazine groups is 1. The van der Waals surface area contributed by atoms with Crippen molar-refractivity contribution in [2.75, 3.05) is 38.2 Å². The number of thiophene rings is 1. The lowest BCUT2D eigenvalue weighted by Crippen LogP contribution is -2.49. The molecule has 4 heterocycles. The van der Waals surface area contributed by atoms with Gasteiger partial charge < -0.3 is 19.9 Å². The van der Waals surface area contributed by atoms with Crippen LogP contribution in [0.4, 0.5) is 10.5 Å². The number of hydrogen-bond donors (Lipinski definition) is 4. The molecule has 0 saturated carbocycles. The molecule has 200 valence electrons. The maximum absolute atomic E-state index is 13.6. The minimum absolute atomic E-state index is 0.166. The van der Waals surface area contributed by atoms with Crippen molar-refractivity contribution in [1.82, 2.24) is 35.5 Å². The molecule has 0 atom stereocenters. The number of ether oxygens (including phenoxy) is 1. The van der Waals surface area contributed by atoms with E-state index in [1.54, 1.807) is 35.7 Å². The fourth-order valence-electron chi connectivity index (χ4n) is 4.69. The Labute approximate surface area is 227 Å². The molecule has 1 fully saturated rings. The van der Waals surface area contributed by atoms with Gasteiger partial charge in [-0.05, 0) is 24.6 Å². The summed E-state index contributed by atoms with van der Waals surface area (Å²) in [4.78, 5) is 44.2. The predicted molar refractivity (Wildman–Crippen MR) is 144 cm³/mol. The number of nitrogens with zero attached hydrogens (tertiary/aromatic N) is 4. The lowest BCUT2D eigenvalue weighted by atomic mass is 10.1. The molecule has 1 aliphatic carbocycles. The van der Waals surface area contributed by atoms with Crippen molar-refractivity contribution in [2.24, 2.45) is 0 Å². The number of morpholine rings is 1. The first-order chi connectivity index (χ1) is 19.1. The summed E-state index contributed by atoms with van der Waals surface area (Å²) >= 11 is 1.29. The summed E-state index contributed by atoms with van der Waals surface area (Å²) < 4.78 is 7.26. The van der Waals surface area contributed by atoms with Crippen LogP contribution in [0.15, 0.2) is 49.1 Å². The topological polar surface area (TPSA) is 146 Å². The van der Waals surface area contributed by atoms with Gasteiger partial charge in [-0.15, -0.1) is 11.3 Å². The number of imidazole rings is 1. The Bertz CT molecular complexity index is 1520. The monoisotopic (exact) mass is 546 g/mol. The molecule has 0 radical (unpaired) electrons. The van der Waals surface area contributed by atoms with E-state index in [4.69, 9.17) is 4.74 Å². The molecule has 13 heteroatoms. The largest absolute Gasteiger partial charge is 0.379 e. The highest BCUT2D eigenvalue weighted by Crippen LogP contribution is 2.44. The van der Waals surface area contributed by atoms with Crippen LogP contribution in [0.5, 0.6) is 0 Å². The molecule has 1 aliphatic heterocycles.